The number of aryl methyl sites for hydroxylation is 2. The first-order valence-electron chi connectivity index (χ1n) is 6.52. The van der Waals surface area contributed by atoms with E-state index < -0.39 is 0 Å². The number of aliphatic imine (C=N–C) groups is 1. The lowest BCUT2D eigenvalue weighted by molar-refractivity contribution is 0.436. The van der Waals surface area contributed by atoms with Crippen molar-refractivity contribution in [3.63, 3.8) is 0 Å². The van der Waals surface area contributed by atoms with Gasteiger partial charge in [0.25, 0.3) is 0 Å². The summed E-state index contributed by atoms with van der Waals surface area (Å²) in [5.41, 5.74) is 7.47. The summed E-state index contributed by atoms with van der Waals surface area (Å²) in [6.07, 6.45) is 6.47. The third-order valence-electron chi connectivity index (χ3n) is 3.66. The Bertz CT molecular complexity index is 381. The Hall–Kier alpha value is -0.830. The van der Waals surface area contributed by atoms with E-state index in [0.717, 1.165) is 12.4 Å². The molecule has 94 valence electrons. The molecule has 1 saturated carbocycles. The molecule has 0 saturated heterocycles. The van der Waals surface area contributed by atoms with Crippen molar-refractivity contribution in [2.24, 2.45) is 16.6 Å². The van der Waals surface area contributed by atoms with Crippen molar-refractivity contribution in [1.82, 2.24) is 0 Å². The molecule has 2 N–H and O–H groups in total. The van der Waals surface area contributed by atoms with Crippen molar-refractivity contribution in [3.8, 4) is 0 Å². The van der Waals surface area contributed by atoms with E-state index in [1.807, 2.05) is 11.3 Å². The van der Waals surface area contributed by atoms with Gasteiger partial charge in [0.15, 0.2) is 0 Å². The zero-order chi connectivity index (χ0) is 12.3. The number of hydrogen-bond acceptors (Lipinski definition) is 2. The molecule has 0 spiro atoms. The fourth-order valence-corrected chi connectivity index (χ4v) is 3.40. The zero-order valence-electron chi connectivity index (χ0n) is 10.8. The van der Waals surface area contributed by atoms with Gasteiger partial charge in [0.1, 0.15) is 0 Å². The molecule has 1 aliphatic rings. The SMILES string of the molecule is Cc1cc(CN=C(N)C2CCCCC2)sc1C. The third-order valence-corrected chi connectivity index (χ3v) is 4.80. The summed E-state index contributed by atoms with van der Waals surface area (Å²) in [4.78, 5) is 7.30. The predicted octanol–water partition coefficient (Wildman–Crippen LogP) is 3.80. The summed E-state index contributed by atoms with van der Waals surface area (Å²) in [6, 6.07) is 2.23. The Balaban J connectivity index is 1.94. The molecule has 0 radical (unpaired) electrons. The van der Waals surface area contributed by atoms with Crippen LogP contribution < -0.4 is 5.73 Å². The van der Waals surface area contributed by atoms with Gasteiger partial charge in [-0.15, -0.1) is 11.3 Å². The van der Waals surface area contributed by atoms with Gasteiger partial charge >= 0.3 is 0 Å². The molecule has 1 fully saturated rings. The fraction of sp³-hybridized carbons (Fsp3) is 0.643. The molecule has 17 heavy (non-hydrogen) atoms. The second kappa shape index (κ2) is 5.67. The highest BCUT2D eigenvalue weighted by molar-refractivity contribution is 7.12. The molecular formula is C14H22N2S. The van der Waals surface area contributed by atoms with Crippen molar-refractivity contribution in [2.45, 2.75) is 52.5 Å². The molecule has 1 heterocycles. The van der Waals surface area contributed by atoms with Crippen LogP contribution in [0.3, 0.4) is 0 Å². The Morgan fingerprint density at radius 1 is 1.35 bits per heavy atom. The average molecular weight is 250 g/mol. The number of thiophene rings is 1. The number of nitrogens with two attached hydrogens (primary N) is 1. The lowest BCUT2D eigenvalue weighted by Crippen LogP contribution is -2.25. The molecule has 1 aromatic heterocycles. The number of hydrogen-bond donors (Lipinski definition) is 1. The lowest BCUT2D eigenvalue weighted by atomic mass is 9.88. The Kier molecular flexibility index (Phi) is 4.21. The molecule has 1 aromatic rings. The molecule has 0 atom stereocenters. The minimum absolute atomic E-state index is 0.547. The minimum atomic E-state index is 0.547. The highest BCUT2D eigenvalue weighted by Crippen LogP contribution is 2.25. The van der Waals surface area contributed by atoms with Gasteiger partial charge in [-0.25, -0.2) is 0 Å². The maximum absolute atomic E-state index is 6.10. The van der Waals surface area contributed by atoms with Gasteiger partial charge in [0.05, 0.1) is 12.4 Å². The van der Waals surface area contributed by atoms with Crippen molar-refractivity contribution < 1.29 is 0 Å². The van der Waals surface area contributed by atoms with E-state index >= 15 is 0 Å². The Morgan fingerprint density at radius 3 is 2.65 bits per heavy atom. The smallest absolute Gasteiger partial charge is 0.0972 e. The Labute approximate surface area is 108 Å². The zero-order valence-corrected chi connectivity index (χ0v) is 11.6. The fourth-order valence-electron chi connectivity index (χ4n) is 2.42. The van der Waals surface area contributed by atoms with Gasteiger partial charge in [0, 0.05) is 15.7 Å². The first-order chi connectivity index (χ1) is 8.16. The molecule has 3 heteroatoms. The van der Waals surface area contributed by atoms with Gasteiger partial charge in [-0.05, 0) is 38.3 Å². The van der Waals surface area contributed by atoms with E-state index in [1.54, 1.807) is 0 Å². The molecule has 0 aliphatic heterocycles. The van der Waals surface area contributed by atoms with Crippen LogP contribution in [0.2, 0.25) is 0 Å². The summed E-state index contributed by atoms with van der Waals surface area (Å²) >= 11 is 1.84. The average Bonchev–Trinajstić information content (AvgIpc) is 2.67. The van der Waals surface area contributed by atoms with Crippen LogP contribution in [-0.4, -0.2) is 5.84 Å². The summed E-state index contributed by atoms with van der Waals surface area (Å²) in [6.45, 7) is 5.09. The summed E-state index contributed by atoms with van der Waals surface area (Å²) < 4.78 is 0. The highest BCUT2D eigenvalue weighted by atomic mass is 32.1. The highest BCUT2D eigenvalue weighted by Gasteiger charge is 2.16. The topological polar surface area (TPSA) is 38.4 Å². The standard InChI is InChI=1S/C14H22N2S/c1-10-8-13(17-11(10)2)9-16-14(15)12-6-4-3-5-7-12/h8,12H,3-7,9H2,1-2H3,(H2,15,16). The summed E-state index contributed by atoms with van der Waals surface area (Å²) in [7, 11) is 0. The second-order valence-electron chi connectivity index (χ2n) is 5.03. The van der Waals surface area contributed by atoms with Gasteiger partial charge in [-0.2, -0.15) is 0 Å². The van der Waals surface area contributed by atoms with E-state index in [2.05, 4.69) is 24.9 Å². The summed E-state index contributed by atoms with van der Waals surface area (Å²) in [5.74, 6) is 1.43. The van der Waals surface area contributed by atoms with E-state index in [4.69, 9.17) is 5.73 Å². The van der Waals surface area contributed by atoms with Crippen molar-refractivity contribution in [1.29, 1.82) is 0 Å². The van der Waals surface area contributed by atoms with Crippen LogP contribution in [0.15, 0.2) is 11.1 Å². The molecule has 2 rings (SSSR count). The summed E-state index contributed by atoms with van der Waals surface area (Å²) in [5, 5.41) is 0. The van der Waals surface area contributed by atoms with E-state index in [-0.39, 0.29) is 0 Å². The van der Waals surface area contributed by atoms with Crippen LogP contribution >= 0.6 is 11.3 Å². The van der Waals surface area contributed by atoms with E-state index in [0.29, 0.717) is 5.92 Å². The quantitative estimate of drug-likeness (QED) is 0.643. The van der Waals surface area contributed by atoms with E-state index in [1.165, 1.54) is 47.4 Å². The first-order valence-corrected chi connectivity index (χ1v) is 7.34. The van der Waals surface area contributed by atoms with Gasteiger partial charge < -0.3 is 5.73 Å². The molecule has 0 unspecified atom stereocenters. The molecule has 0 bridgehead atoms. The largest absolute Gasteiger partial charge is 0.387 e. The van der Waals surface area contributed by atoms with Crippen LogP contribution in [0.1, 0.15) is 47.4 Å². The maximum atomic E-state index is 6.10. The predicted molar refractivity (Wildman–Crippen MR) is 75.7 cm³/mol. The monoisotopic (exact) mass is 250 g/mol. The van der Waals surface area contributed by atoms with Crippen LogP contribution in [-0.2, 0) is 6.54 Å². The number of nitrogens with zero attached hydrogens (tertiary/aromatic N) is 1. The third kappa shape index (κ3) is 3.32. The van der Waals surface area contributed by atoms with Crippen molar-refractivity contribution in [2.75, 3.05) is 0 Å². The van der Waals surface area contributed by atoms with Crippen LogP contribution in [0.4, 0.5) is 0 Å². The molecule has 0 amide bonds. The molecule has 2 nitrogen and oxygen atoms in total. The van der Waals surface area contributed by atoms with Crippen LogP contribution in [0.5, 0.6) is 0 Å². The first kappa shape index (κ1) is 12.6. The second-order valence-corrected chi connectivity index (χ2v) is 6.37. The van der Waals surface area contributed by atoms with Crippen molar-refractivity contribution in [3.05, 3.63) is 21.4 Å². The lowest BCUT2D eigenvalue weighted by Gasteiger charge is -2.20. The normalized spacial score (nSPS) is 18.6. The van der Waals surface area contributed by atoms with E-state index in [9.17, 15) is 0 Å². The number of rotatable bonds is 3. The van der Waals surface area contributed by atoms with Gasteiger partial charge in [-0.1, -0.05) is 19.3 Å². The van der Waals surface area contributed by atoms with Crippen LogP contribution in [0.25, 0.3) is 0 Å². The molecule has 0 aromatic carbocycles. The van der Waals surface area contributed by atoms with Gasteiger partial charge in [0.2, 0.25) is 0 Å². The van der Waals surface area contributed by atoms with Gasteiger partial charge in [-0.3, -0.25) is 4.99 Å². The number of amidine groups is 1. The van der Waals surface area contributed by atoms with Crippen molar-refractivity contribution >= 4 is 17.2 Å². The Morgan fingerprint density at radius 2 is 2.06 bits per heavy atom. The minimum Gasteiger partial charge on any atom is -0.387 e. The van der Waals surface area contributed by atoms with Crippen LogP contribution in [0, 0.1) is 19.8 Å². The maximum Gasteiger partial charge on any atom is 0.0972 e. The molecule has 1 aliphatic carbocycles. The molecular weight excluding hydrogens is 228 g/mol.